The lowest BCUT2D eigenvalue weighted by molar-refractivity contribution is -0.146. The summed E-state index contributed by atoms with van der Waals surface area (Å²) in [5, 5.41) is 0.472. The number of carbonyl (C=O) groups is 1. The van der Waals surface area contributed by atoms with Crippen molar-refractivity contribution in [3.05, 3.63) is 29.3 Å². The number of esters is 1. The first-order valence-corrected chi connectivity index (χ1v) is 7.51. The van der Waals surface area contributed by atoms with Gasteiger partial charge in [0.1, 0.15) is 6.61 Å². The highest BCUT2D eigenvalue weighted by molar-refractivity contribution is 7.91. The Morgan fingerprint density at radius 2 is 1.83 bits per heavy atom. The molecule has 0 fully saturated rings. The molecule has 0 heterocycles. The minimum atomic E-state index is -3.43. The first kappa shape index (κ1) is 15.0. The van der Waals surface area contributed by atoms with E-state index in [-0.39, 0.29) is 23.2 Å². The summed E-state index contributed by atoms with van der Waals surface area (Å²) in [6.07, 6.45) is 0. The summed E-state index contributed by atoms with van der Waals surface area (Å²) >= 11 is 5.68. The summed E-state index contributed by atoms with van der Waals surface area (Å²) in [4.78, 5) is 11.3. The second-order valence-electron chi connectivity index (χ2n) is 4.09. The predicted octanol–water partition coefficient (Wildman–Crippen LogP) is 2.31. The molecule has 0 saturated heterocycles. The van der Waals surface area contributed by atoms with Crippen molar-refractivity contribution in [1.29, 1.82) is 0 Å². The Balaban J connectivity index is 2.61. The molecule has 0 bridgehead atoms. The fourth-order valence-electron chi connectivity index (χ4n) is 1.18. The van der Waals surface area contributed by atoms with Crippen molar-refractivity contribution in [2.75, 3.05) is 12.4 Å². The van der Waals surface area contributed by atoms with Crippen LogP contribution in [-0.4, -0.2) is 26.7 Å². The Labute approximate surface area is 112 Å². The van der Waals surface area contributed by atoms with Gasteiger partial charge in [-0.3, -0.25) is 4.79 Å². The van der Waals surface area contributed by atoms with Crippen LogP contribution in [0.1, 0.15) is 13.8 Å². The Bertz CT molecular complexity index is 505. The monoisotopic (exact) mass is 290 g/mol. The molecule has 1 aromatic rings. The smallest absolute Gasteiger partial charge is 0.308 e. The molecule has 0 aliphatic carbocycles. The first-order chi connectivity index (χ1) is 8.33. The number of halogens is 1. The van der Waals surface area contributed by atoms with E-state index in [1.807, 2.05) is 0 Å². The first-order valence-electron chi connectivity index (χ1n) is 5.48. The van der Waals surface area contributed by atoms with Crippen LogP contribution in [0.5, 0.6) is 0 Å². The Morgan fingerprint density at radius 3 is 2.33 bits per heavy atom. The van der Waals surface area contributed by atoms with Gasteiger partial charge in [-0.2, -0.15) is 0 Å². The van der Waals surface area contributed by atoms with Crippen LogP contribution in [-0.2, 0) is 19.4 Å². The van der Waals surface area contributed by atoms with Crippen LogP contribution in [0.3, 0.4) is 0 Å². The van der Waals surface area contributed by atoms with E-state index in [0.717, 1.165) is 0 Å². The lowest BCUT2D eigenvalue weighted by Gasteiger charge is -2.08. The average Bonchev–Trinajstić information content (AvgIpc) is 2.29. The van der Waals surface area contributed by atoms with Crippen LogP contribution in [0.4, 0.5) is 0 Å². The van der Waals surface area contributed by atoms with Crippen molar-refractivity contribution in [3.63, 3.8) is 0 Å². The number of rotatable bonds is 5. The van der Waals surface area contributed by atoms with Crippen molar-refractivity contribution < 1.29 is 17.9 Å². The van der Waals surface area contributed by atoms with E-state index < -0.39 is 15.8 Å². The van der Waals surface area contributed by atoms with Gasteiger partial charge in [-0.1, -0.05) is 25.4 Å². The third kappa shape index (κ3) is 4.31. The molecule has 0 radical (unpaired) electrons. The SMILES string of the molecule is CC(C)C(=O)OCCS(=O)(=O)c1ccc(Cl)cc1. The molecule has 18 heavy (non-hydrogen) atoms. The molecule has 0 aliphatic heterocycles. The topological polar surface area (TPSA) is 60.4 Å². The standard InChI is InChI=1S/C12H15ClO4S/c1-9(2)12(14)17-7-8-18(15,16)11-5-3-10(13)4-6-11/h3-6,9H,7-8H2,1-2H3. The minimum absolute atomic E-state index is 0.137. The number of ether oxygens (including phenoxy) is 1. The van der Waals surface area contributed by atoms with Gasteiger partial charge in [0.25, 0.3) is 0 Å². The van der Waals surface area contributed by atoms with Gasteiger partial charge in [-0.05, 0) is 24.3 Å². The van der Waals surface area contributed by atoms with E-state index in [4.69, 9.17) is 16.3 Å². The van der Waals surface area contributed by atoms with Gasteiger partial charge in [-0.25, -0.2) is 8.42 Å². The summed E-state index contributed by atoms with van der Waals surface area (Å²) in [6, 6.07) is 5.88. The molecular formula is C12H15ClO4S. The van der Waals surface area contributed by atoms with Gasteiger partial charge >= 0.3 is 5.97 Å². The number of benzene rings is 1. The Hall–Kier alpha value is -1.07. The van der Waals surface area contributed by atoms with Crippen LogP contribution in [0.2, 0.25) is 5.02 Å². The van der Waals surface area contributed by atoms with Crippen LogP contribution >= 0.6 is 11.6 Å². The highest BCUT2D eigenvalue weighted by atomic mass is 35.5. The zero-order valence-electron chi connectivity index (χ0n) is 10.2. The highest BCUT2D eigenvalue weighted by Crippen LogP contribution is 2.15. The molecule has 0 atom stereocenters. The molecule has 0 spiro atoms. The van der Waals surface area contributed by atoms with Gasteiger partial charge in [0.15, 0.2) is 9.84 Å². The van der Waals surface area contributed by atoms with Crippen molar-refractivity contribution in [3.8, 4) is 0 Å². The maximum atomic E-state index is 11.9. The third-order valence-corrected chi connectivity index (χ3v) is 4.19. The fraction of sp³-hybridized carbons (Fsp3) is 0.417. The molecule has 0 unspecified atom stereocenters. The summed E-state index contributed by atoms with van der Waals surface area (Å²) in [6.45, 7) is 3.24. The summed E-state index contributed by atoms with van der Waals surface area (Å²) in [7, 11) is -3.43. The van der Waals surface area contributed by atoms with Gasteiger partial charge < -0.3 is 4.74 Å². The van der Waals surface area contributed by atoms with Crippen LogP contribution in [0.25, 0.3) is 0 Å². The van der Waals surface area contributed by atoms with Gasteiger partial charge in [0, 0.05) is 5.02 Å². The zero-order chi connectivity index (χ0) is 13.8. The molecule has 4 nitrogen and oxygen atoms in total. The third-order valence-electron chi connectivity index (χ3n) is 2.24. The molecular weight excluding hydrogens is 276 g/mol. The second-order valence-corrected chi connectivity index (χ2v) is 6.64. The number of hydrogen-bond acceptors (Lipinski definition) is 4. The van der Waals surface area contributed by atoms with E-state index in [0.29, 0.717) is 5.02 Å². The minimum Gasteiger partial charge on any atom is -0.464 e. The number of hydrogen-bond donors (Lipinski definition) is 0. The van der Waals surface area contributed by atoms with Crippen molar-refractivity contribution in [2.24, 2.45) is 5.92 Å². The van der Waals surface area contributed by atoms with Crippen LogP contribution in [0.15, 0.2) is 29.2 Å². The molecule has 100 valence electrons. The highest BCUT2D eigenvalue weighted by Gasteiger charge is 2.16. The maximum Gasteiger partial charge on any atom is 0.308 e. The summed E-state index contributed by atoms with van der Waals surface area (Å²) in [5.41, 5.74) is 0. The molecule has 6 heteroatoms. The number of carbonyl (C=O) groups excluding carboxylic acids is 1. The Morgan fingerprint density at radius 1 is 1.28 bits per heavy atom. The normalized spacial score (nSPS) is 11.6. The van der Waals surface area contributed by atoms with E-state index in [1.54, 1.807) is 13.8 Å². The lowest BCUT2D eigenvalue weighted by atomic mass is 10.2. The zero-order valence-corrected chi connectivity index (χ0v) is 11.8. The fourth-order valence-corrected chi connectivity index (χ4v) is 2.39. The second kappa shape index (κ2) is 6.20. The van der Waals surface area contributed by atoms with Crippen LogP contribution < -0.4 is 0 Å². The van der Waals surface area contributed by atoms with Crippen molar-refractivity contribution >= 4 is 27.4 Å². The Kier molecular flexibility index (Phi) is 5.16. The van der Waals surface area contributed by atoms with E-state index in [9.17, 15) is 13.2 Å². The van der Waals surface area contributed by atoms with E-state index in [1.165, 1.54) is 24.3 Å². The average molecular weight is 291 g/mol. The quantitative estimate of drug-likeness (QED) is 0.781. The molecule has 0 amide bonds. The predicted molar refractivity (Wildman–Crippen MR) is 69.3 cm³/mol. The maximum absolute atomic E-state index is 11.9. The molecule has 0 aliphatic rings. The van der Waals surface area contributed by atoms with Crippen LogP contribution in [0, 0.1) is 5.92 Å². The van der Waals surface area contributed by atoms with Gasteiger partial charge in [0.05, 0.1) is 16.6 Å². The summed E-state index contributed by atoms with van der Waals surface area (Å²) < 4.78 is 28.6. The largest absolute Gasteiger partial charge is 0.464 e. The molecule has 0 aromatic heterocycles. The van der Waals surface area contributed by atoms with E-state index >= 15 is 0 Å². The number of sulfone groups is 1. The molecule has 1 rings (SSSR count). The molecule has 0 N–H and O–H groups in total. The van der Waals surface area contributed by atoms with E-state index in [2.05, 4.69) is 0 Å². The molecule has 0 saturated carbocycles. The van der Waals surface area contributed by atoms with Crippen molar-refractivity contribution in [2.45, 2.75) is 18.7 Å². The van der Waals surface area contributed by atoms with Crippen molar-refractivity contribution in [1.82, 2.24) is 0 Å². The summed E-state index contributed by atoms with van der Waals surface area (Å²) in [5.74, 6) is -0.892. The lowest BCUT2D eigenvalue weighted by Crippen LogP contribution is -2.18. The van der Waals surface area contributed by atoms with Gasteiger partial charge in [-0.15, -0.1) is 0 Å². The van der Waals surface area contributed by atoms with Gasteiger partial charge in [0.2, 0.25) is 0 Å². The molecule has 1 aromatic carbocycles.